The number of nitrogens with zero attached hydrogens (tertiary/aromatic N) is 1. The van der Waals surface area contributed by atoms with Gasteiger partial charge in [0.2, 0.25) is 0 Å². The molecule has 3 rings (SSSR count). The molecule has 0 aliphatic carbocycles. The fraction of sp³-hybridized carbons (Fsp3) is 0.308. The molecule has 0 N–H and O–H groups in total. The molecule has 4 heteroatoms. The standard InChI is InChI=1S/C13H13NOS2/c15-13(12-6-3-9-17-12)14-7-1-4-10(14)11-5-2-8-16-11/h2-3,5-6,8-10H,1,4,7H2/t10-/m1/s1. The molecule has 17 heavy (non-hydrogen) atoms. The molecule has 1 saturated heterocycles. The Hall–Kier alpha value is -1.13. The lowest BCUT2D eigenvalue weighted by Gasteiger charge is -2.23. The van der Waals surface area contributed by atoms with Crippen molar-refractivity contribution in [3.8, 4) is 0 Å². The number of hydrogen-bond donors (Lipinski definition) is 0. The summed E-state index contributed by atoms with van der Waals surface area (Å²) in [5.74, 6) is 0.191. The smallest absolute Gasteiger partial charge is 0.264 e. The highest BCUT2D eigenvalue weighted by Crippen LogP contribution is 2.35. The Morgan fingerprint density at radius 1 is 1.24 bits per heavy atom. The minimum atomic E-state index is 0.191. The van der Waals surface area contributed by atoms with E-state index in [-0.39, 0.29) is 5.91 Å². The quantitative estimate of drug-likeness (QED) is 0.807. The van der Waals surface area contributed by atoms with Crippen LogP contribution in [0.5, 0.6) is 0 Å². The van der Waals surface area contributed by atoms with Crippen LogP contribution >= 0.6 is 22.7 Å². The molecule has 2 aromatic rings. The summed E-state index contributed by atoms with van der Waals surface area (Å²) in [5.41, 5.74) is 0. The fourth-order valence-corrected chi connectivity index (χ4v) is 3.88. The molecule has 0 aromatic carbocycles. The van der Waals surface area contributed by atoms with Crippen LogP contribution in [0.2, 0.25) is 0 Å². The molecule has 88 valence electrons. The van der Waals surface area contributed by atoms with Gasteiger partial charge in [-0.15, -0.1) is 22.7 Å². The molecule has 3 heterocycles. The van der Waals surface area contributed by atoms with Gasteiger partial charge in [-0.3, -0.25) is 4.79 Å². The second-order valence-electron chi connectivity index (χ2n) is 4.15. The van der Waals surface area contributed by atoms with Crippen molar-refractivity contribution in [2.75, 3.05) is 6.54 Å². The third-order valence-electron chi connectivity index (χ3n) is 3.12. The molecular formula is C13H13NOS2. The Balaban J connectivity index is 1.85. The maximum Gasteiger partial charge on any atom is 0.264 e. The van der Waals surface area contributed by atoms with E-state index in [1.807, 2.05) is 22.4 Å². The predicted octanol–water partition coefficient (Wildman–Crippen LogP) is 3.79. The van der Waals surface area contributed by atoms with Crippen LogP contribution < -0.4 is 0 Å². The number of thiophene rings is 2. The van der Waals surface area contributed by atoms with Gasteiger partial charge in [-0.25, -0.2) is 0 Å². The van der Waals surface area contributed by atoms with Crippen molar-refractivity contribution in [1.82, 2.24) is 4.90 Å². The van der Waals surface area contributed by atoms with Crippen molar-refractivity contribution < 1.29 is 4.79 Å². The molecule has 0 spiro atoms. The van der Waals surface area contributed by atoms with E-state index in [4.69, 9.17) is 0 Å². The first-order valence-electron chi connectivity index (χ1n) is 5.74. The van der Waals surface area contributed by atoms with Crippen molar-refractivity contribution in [1.29, 1.82) is 0 Å². The van der Waals surface area contributed by atoms with Gasteiger partial charge in [-0.2, -0.15) is 0 Å². The van der Waals surface area contributed by atoms with E-state index in [2.05, 4.69) is 17.5 Å². The number of likely N-dealkylation sites (tertiary alicyclic amines) is 1. The molecule has 0 radical (unpaired) electrons. The molecule has 0 unspecified atom stereocenters. The van der Waals surface area contributed by atoms with Crippen LogP contribution in [0.3, 0.4) is 0 Å². The van der Waals surface area contributed by atoms with Crippen LogP contribution in [0.4, 0.5) is 0 Å². The lowest BCUT2D eigenvalue weighted by atomic mass is 10.2. The molecular weight excluding hydrogens is 250 g/mol. The van der Waals surface area contributed by atoms with Crippen LogP contribution in [0.25, 0.3) is 0 Å². The van der Waals surface area contributed by atoms with Gasteiger partial charge in [0.05, 0.1) is 10.9 Å². The summed E-state index contributed by atoms with van der Waals surface area (Å²) in [6, 6.07) is 8.34. The van der Waals surface area contributed by atoms with Crippen LogP contribution in [-0.4, -0.2) is 17.4 Å². The Morgan fingerprint density at radius 3 is 2.76 bits per heavy atom. The third-order valence-corrected chi connectivity index (χ3v) is 4.95. The lowest BCUT2D eigenvalue weighted by molar-refractivity contribution is 0.0743. The molecule has 2 aromatic heterocycles. The zero-order chi connectivity index (χ0) is 11.7. The summed E-state index contributed by atoms with van der Waals surface area (Å²) >= 11 is 3.28. The largest absolute Gasteiger partial charge is 0.330 e. The number of amides is 1. The maximum atomic E-state index is 12.4. The van der Waals surface area contributed by atoms with Crippen LogP contribution in [0.1, 0.15) is 33.4 Å². The molecule has 1 amide bonds. The van der Waals surface area contributed by atoms with Crippen molar-refractivity contribution in [2.24, 2.45) is 0 Å². The number of carbonyl (C=O) groups excluding carboxylic acids is 1. The minimum Gasteiger partial charge on any atom is -0.330 e. The third kappa shape index (κ3) is 2.03. The normalized spacial score (nSPS) is 19.8. The van der Waals surface area contributed by atoms with Crippen LogP contribution in [-0.2, 0) is 0 Å². The Labute approximate surface area is 109 Å². The second kappa shape index (κ2) is 4.63. The second-order valence-corrected chi connectivity index (χ2v) is 6.08. The summed E-state index contributed by atoms with van der Waals surface area (Å²) in [5, 5.41) is 4.05. The molecule has 1 aliphatic heterocycles. The first-order chi connectivity index (χ1) is 8.36. The number of rotatable bonds is 2. The van der Waals surface area contributed by atoms with Gasteiger partial charge < -0.3 is 4.90 Å². The van der Waals surface area contributed by atoms with E-state index < -0.39 is 0 Å². The highest BCUT2D eigenvalue weighted by molar-refractivity contribution is 7.12. The first-order valence-corrected chi connectivity index (χ1v) is 7.50. The van der Waals surface area contributed by atoms with Gasteiger partial charge >= 0.3 is 0 Å². The fourth-order valence-electron chi connectivity index (χ4n) is 2.33. The summed E-state index contributed by atoms with van der Waals surface area (Å²) in [6.45, 7) is 0.888. The molecule has 0 bridgehead atoms. The van der Waals surface area contributed by atoms with E-state index in [1.165, 1.54) is 16.2 Å². The Bertz CT molecular complexity index is 489. The summed E-state index contributed by atoms with van der Waals surface area (Å²) < 4.78 is 0. The monoisotopic (exact) mass is 263 g/mol. The molecule has 1 fully saturated rings. The first kappa shape index (κ1) is 11.0. The molecule has 0 saturated carbocycles. The van der Waals surface area contributed by atoms with Crippen LogP contribution in [0.15, 0.2) is 35.0 Å². The van der Waals surface area contributed by atoms with E-state index in [0.717, 1.165) is 24.3 Å². The summed E-state index contributed by atoms with van der Waals surface area (Å²) in [7, 11) is 0. The van der Waals surface area contributed by atoms with Gasteiger partial charge in [0, 0.05) is 11.4 Å². The predicted molar refractivity (Wildman–Crippen MR) is 71.6 cm³/mol. The van der Waals surface area contributed by atoms with Gasteiger partial charge in [0.25, 0.3) is 5.91 Å². The number of hydrogen-bond acceptors (Lipinski definition) is 3. The van der Waals surface area contributed by atoms with E-state index in [1.54, 1.807) is 11.3 Å². The van der Waals surface area contributed by atoms with E-state index >= 15 is 0 Å². The summed E-state index contributed by atoms with van der Waals surface area (Å²) in [4.78, 5) is 16.5. The van der Waals surface area contributed by atoms with E-state index in [9.17, 15) is 4.79 Å². The van der Waals surface area contributed by atoms with Crippen molar-refractivity contribution in [3.05, 3.63) is 44.8 Å². The van der Waals surface area contributed by atoms with Crippen molar-refractivity contribution in [2.45, 2.75) is 18.9 Å². The van der Waals surface area contributed by atoms with Gasteiger partial charge in [0.15, 0.2) is 0 Å². The Kier molecular flexibility index (Phi) is 2.99. The minimum absolute atomic E-state index is 0.191. The van der Waals surface area contributed by atoms with Gasteiger partial charge in [-0.05, 0) is 35.7 Å². The summed E-state index contributed by atoms with van der Waals surface area (Å²) in [6.07, 6.45) is 2.21. The average molecular weight is 263 g/mol. The topological polar surface area (TPSA) is 20.3 Å². The SMILES string of the molecule is O=C(c1cccs1)N1CCC[C@@H]1c1cccs1. The van der Waals surface area contributed by atoms with Crippen molar-refractivity contribution >= 4 is 28.6 Å². The highest BCUT2D eigenvalue weighted by atomic mass is 32.1. The van der Waals surface area contributed by atoms with Gasteiger partial charge in [0.1, 0.15) is 0 Å². The van der Waals surface area contributed by atoms with Crippen molar-refractivity contribution in [3.63, 3.8) is 0 Å². The zero-order valence-corrected chi connectivity index (χ0v) is 11.0. The van der Waals surface area contributed by atoms with E-state index in [0.29, 0.717) is 6.04 Å². The average Bonchev–Trinajstić information content (AvgIpc) is 3.09. The zero-order valence-electron chi connectivity index (χ0n) is 9.33. The highest BCUT2D eigenvalue weighted by Gasteiger charge is 2.31. The molecule has 1 atom stereocenters. The van der Waals surface area contributed by atoms with Gasteiger partial charge in [-0.1, -0.05) is 12.1 Å². The Morgan fingerprint density at radius 2 is 2.06 bits per heavy atom. The number of carbonyl (C=O) groups is 1. The maximum absolute atomic E-state index is 12.4. The molecule has 2 nitrogen and oxygen atoms in total. The van der Waals surface area contributed by atoms with Crippen LogP contribution in [0, 0.1) is 0 Å². The molecule has 1 aliphatic rings. The lowest BCUT2D eigenvalue weighted by Crippen LogP contribution is -2.29.